The number of carboxylic acids is 1. The van der Waals surface area contributed by atoms with E-state index in [0.29, 0.717) is 49.1 Å². The van der Waals surface area contributed by atoms with Crippen LogP contribution in [0.2, 0.25) is 15.1 Å². The fourth-order valence-corrected chi connectivity index (χ4v) is 4.57. The maximum Gasteiger partial charge on any atom is 0.307 e. The van der Waals surface area contributed by atoms with Gasteiger partial charge in [-0.05, 0) is 42.0 Å². The zero-order chi connectivity index (χ0) is 26.5. The first-order valence-corrected chi connectivity index (χ1v) is 12.6. The lowest BCUT2D eigenvalue weighted by Gasteiger charge is -2.12. The molecular formula is C28H24Cl3NO5. The Labute approximate surface area is 229 Å². The topological polar surface area (TPSA) is 81.8 Å². The highest BCUT2D eigenvalue weighted by molar-refractivity contribution is 6.39. The molecule has 0 unspecified atom stereocenters. The number of carbonyl (C=O) groups is 1. The van der Waals surface area contributed by atoms with E-state index in [-0.39, 0.29) is 25.6 Å². The molecule has 0 aliphatic carbocycles. The summed E-state index contributed by atoms with van der Waals surface area (Å²) in [6, 6.07) is 17.6. The van der Waals surface area contributed by atoms with Gasteiger partial charge in [-0.15, -0.1) is 0 Å². The molecule has 0 spiro atoms. The highest BCUT2D eigenvalue weighted by Gasteiger charge is 2.24. The van der Waals surface area contributed by atoms with Gasteiger partial charge in [0.2, 0.25) is 0 Å². The molecule has 0 saturated carbocycles. The molecule has 0 bridgehead atoms. The molecule has 1 aromatic heterocycles. The Morgan fingerprint density at radius 1 is 0.919 bits per heavy atom. The van der Waals surface area contributed by atoms with Crippen molar-refractivity contribution in [3.63, 3.8) is 0 Å². The first-order chi connectivity index (χ1) is 17.7. The molecule has 1 N–H and O–H groups in total. The lowest BCUT2D eigenvalue weighted by molar-refractivity contribution is -0.136. The SMILES string of the molecule is CC(C)c1onc(-c2c(Cl)cccc2Cl)c1COc1ccc(COc2ccc(CC(=O)O)cc2)c(Cl)c1. The minimum Gasteiger partial charge on any atom is -0.489 e. The van der Waals surface area contributed by atoms with E-state index in [1.807, 2.05) is 26.0 Å². The van der Waals surface area contributed by atoms with Gasteiger partial charge in [-0.2, -0.15) is 0 Å². The van der Waals surface area contributed by atoms with Crippen molar-refractivity contribution < 1.29 is 23.9 Å². The normalized spacial score (nSPS) is 11.1. The summed E-state index contributed by atoms with van der Waals surface area (Å²) in [6.07, 6.45) is -0.0337. The number of hydrogen-bond acceptors (Lipinski definition) is 5. The lowest BCUT2D eigenvalue weighted by Crippen LogP contribution is -2.02. The molecule has 0 fully saturated rings. The summed E-state index contributed by atoms with van der Waals surface area (Å²) in [5.74, 6) is 1.07. The summed E-state index contributed by atoms with van der Waals surface area (Å²) in [5.41, 5.74) is 3.39. The molecule has 0 amide bonds. The second-order valence-electron chi connectivity index (χ2n) is 8.67. The summed E-state index contributed by atoms with van der Waals surface area (Å²) in [4.78, 5) is 10.8. The van der Waals surface area contributed by atoms with Crippen LogP contribution in [0.25, 0.3) is 11.3 Å². The molecule has 0 radical (unpaired) electrons. The average Bonchev–Trinajstić information content (AvgIpc) is 3.26. The van der Waals surface area contributed by atoms with Crippen molar-refractivity contribution in [3.8, 4) is 22.8 Å². The van der Waals surface area contributed by atoms with Crippen LogP contribution in [-0.4, -0.2) is 16.2 Å². The van der Waals surface area contributed by atoms with Crippen LogP contribution in [0.4, 0.5) is 0 Å². The molecule has 6 nitrogen and oxygen atoms in total. The Bertz CT molecular complexity index is 1380. The van der Waals surface area contributed by atoms with E-state index in [1.165, 1.54) is 0 Å². The second-order valence-corrected chi connectivity index (χ2v) is 9.89. The number of hydrogen-bond donors (Lipinski definition) is 1. The highest BCUT2D eigenvalue weighted by Crippen LogP contribution is 2.39. The van der Waals surface area contributed by atoms with Gasteiger partial charge in [0.25, 0.3) is 0 Å². The Morgan fingerprint density at radius 3 is 2.19 bits per heavy atom. The van der Waals surface area contributed by atoms with E-state index >= 15 is 0 Å². The molecule has 0 atom stereocenters. The maximum absolute atomic E-state index is 10.8. The van der Waals surface area contributed by atoms with Gasteiger partial charge in [-0.1, -0.05) is 78.1 Å². The van der Waals surface area contributed by atoms with E-state index in [2.05, 4.69) is 5.16 Å². The number of carboxylic acid groups (broad SMARTS) is 1. The fourth-order valence-electron chi connectivity index (χ4n) is 3.77. The molecule has 9 heteroatoms. The molecule has 0 saturated heterocycles. The predicted octanol–water partition coefficient (Wildman–Crippen LogP) is 8.21. The summed E-state index contributed by atoms with van der Waals surface area (Å²) in [5, 5.41) is 14.6. The average molecular weight is 561 g/mol. The number of rotatable bonds is 10. The number of nitrogens with zero attached hydrogens (tertiary/aromatic N) is 1. The monoisotopic (exact) mass is 559 g/mol. The number of halogens is 3. The molecular weight excluding hydrogens is 537 g/mol. The standard InChI is InChI=1S/C28H24Cl3NO5/c1-16(2)28-21(27(32-37-28)26-22(29)4-3-5-23(26)30)15-36-20-11-8-18(24(31)13-20)14-35-19-9-6-17(7-10-19)12-25(33)34/h3-11,13,16H,12,14-15H2,1-2H3,(H,33,34). The van der Waals surface area contributed by atoms with Gasteiger partial charge in [0, 0.05) is 17.0 Å². The Morgan fingerprint density at radius 2 is 1.57 bits per heavy atom. The van der Waals surface area contributed by atoms with E-state index in [0.717, 1.165) is 11.1 Å². The predicted molar refractivity (Wildman–Crippen MR) is 144 cm³/mol. The molecule has 0 aliphatic heterocycles. The van der Waals surface area contributed by atoms with Gasteiger partial charge in [-0.25, -0.2) is 0 Å². The van der Waals surface area contributed by atoms with E-state index in [4.69, 9.17) is 53.9 Å². The van der Waals surface area contributed by atoms with Crippen molar-refractivity contribution in [2.75, 3.05) is 0 Å². The van der Waals surface area contributed by atoms with Gasteiger partial charge >= 0.3 is 5.97 Å². The second kappa shape index (κ2) is 11.9. The Balaban J connectivity index is 1.46. The van der Waals surface area contributed by atoms with Crippen LogP contribution in [0.3, 0.4) is 0 Å². The Hall–Kier alpha value is -3.19. The van der Waals surface area contributed by atoms with Crippen LogP contribution < -0.4 is 9.47 Å². The van der Waals surface area contributed by atoms with Crippen LogP contribution in [0.1, 0.15) is 42.2 Å². The van der Waals surface area contributed by atoms with Crippen LogP contribution in [0.15, 0.2) is 65.2 Å². The van der Waals surface area contributed by atoms with Gasteiger partial charge in [-0.3, -0.25) is 4.79 Å². The smallest absolute Gasteiger partial charge is 0.307 e. The van der Waals surface area contributed by atoms with E-state index < -0.39 is 5.97 Å². The quantitative estimate of drug-likeness (QED) is 0.210. The van der Waals surface area contributed by atoms with Gasteiger partial charge in [0.05, 0.1) is 27.1 Å². The van der Waals surface area contributed by atoms with Crippen LogP contribution in [0.5, 0.6) is 11.5 Å². The van der Waals surface area contributed by atoms with Crippen molar-refractivity contribution in [2.24, 2.45) is 0 Å². The zero-order valence-corrected chi connectivity index (χ0v) is 22.4. The molecule has 4 aromatic rings. The first-order valence-electron chi connectivity index (χ1n) is 11.5. The largest absolute Gasteiger partial charge is 0.489 e. The van der Waals surface area contributed by atoms with E-state index in [1.54, 1.807) is 48.5 Å². The molecule has 0 aliphatic rings. The minimum atomic E-state index is -0.879. The van der Waals surface area contributed by atoms with Gasteiger partial charge in [0.15, 0.2) is 0 Å². The number of benzene rings is 3. The third-order valence-electron chi connectivity index (χ3n) is 5.62. The third-order valence-corrected chi connectivity index (χ3v) is 6.61. The van der Waals surface area contributed by atoms with Crippen molar-refractivity contribution in [2.45, 2.75) is 39.4 Å². The number of ether oxygens (including phenoxy) is 2. The number of aliphatic carboxylic acids is 1. The van der Waals surface area contributed by atoms with Crippen molar-refractivity contribution in [1.82, 2.24) is 5.16 Å². The molecule has 37 heavy (non-hydrogen) atoms. The number of aromatic nitrogens is 1. The zero-order valence-electron chi connectivity index (χ0n) is 20.1. The summed E-state index contributed by atoms with van der Waals surface area (Å²) < 4.78 is 17.5. The van der Waals surface area contributed by atoms with Crippen LogP contribution in [0, 0.1) is 0 Å². The van der Waals surface area contributed by atoms with Crippen molar-refractivity contribution in [3.05, 3.63) is 98.2 Å². The van der Waals surface area contributed by atoms with Crippen LogP contribution in [-0.2, 0) is 24.4 Å². The van der Waals surface area contributed by atoms with Gasteiger partial charge in [0.1, 0.15) is 36.2 Å². The maximum atomic E-state index is 10.8. The van der Waals surface area contributed by atoms with E-state index in [9.17, 15) is 4.79 Å². The fraction of sp³-hybridized carbons (Fsp3) is 0.214. The molecule has 192 valence electrons. The summed E-state index contributed by atoms with van der Waals surface area (Å²) >= 11 is 19.3. The summed E-state index contributed by atoms with van der Waals surface area (Å²) in [7, 11) is 0. The minimum absolute atomic E-state index is 0.0337. The van der Waals surface area contributed by atoms with Gasteiger partial charge < -0.3 is 19.1 Å². The summed E-state index contributed by atoms with van der Waals surface area (Å²) in [6.45, 7) is 4.44. The third kappa shape index (κ3) is 6.58. The molecule has 4 rings (SSSR count). The van der Waals surface area contributed by atoms with Crippen LogP contribution >= 0.6 is 34.8 Å². The molecule has 3 aromatic carbocycles. The van der Waals surface area contributed by atoms with Crippen molar-refractivity contribution >= 4 is 40.8 Å². The highest BCUT2D eigenvalue weighted by atomic mass is 35.5. The lowest BCUT2D eigenvalue weighted by atomic mass is 10.0. The Kier molecular flexibility index (Phi) is 8.64. The first kappa shape index (κ1) is 26.9. The van der Waals surface area contributed by atoms with Crippen molar-refractivity contribution in [1.29, 1.82) is 0 Å². The molecule has 1 heterocycles.